The SMILES string of the molecule is Cc1oc(-c2cccs2)nc1C(=O)NC[C@@H](C)N1CCOCC1. The number of nitrogens with zero attached hydrogens (tertiary/aromatic N) is 2. The van der Waals surface area contributed by atoms with Crippen LogP contribution in [0.2, 0.25) is 0 Å². The third-order valence-corrected chi connectivity index (χ3v) is 4.83. The second kappa shape index (κ2) is 7.25. The Labute approximate surface area is 139 Å². The molecule has 6 nitrogen and oxygen atoms in total. The van der Waals surface area contributed by atoms with Crippen LogP contribution < -0.4 is 5.32 Å². The van der Waals surface area contributed by atoms with Crippen molar-refractivity contribution in [2.45, 2.75) is 19.9 Å². The summed E-state index contributed by atoms with van der Waals surface area (Å²) in [6.45, 7) is 7.78. The molecule has 124 valence electrons. The van der Waals surface area contributed by atoms with E-state index in [4.69, 9.17) is 9.15 Å². The number of nitrogens with one attached hydrogen (secondary N) is 1. The van der Waals surface area contributed by atoms with E-state index >= 15 is 0 Å². The maximum absolute atomic E-state index is 12.4. The van der Waals surface area contributed by atoms with Crippen molar-refractivity contribution in [3.8, 4) is 10.8 Å². The molecule has 0 aliphatic carbocycles. The molecular formula is C16H21N3O3S. The fourth-order valence-electron chi connectivity index (χ4n) is 2.58. The maximum atomic E-state index is 12.4. The second-order valence-electron chi connectivity index (χ2n) is 5.61. The van der Waals surface area contributed by atoms with Crippen LogP contribution in [0.5, 0.6) is 0 Å². The Morgan fingerprint density at radius 1 is 1.48 bits per heavy atom. The molecule has 0 spiro atoms. The molecule has 0 saturated carbocycles. The van der Waals surface area contributed by atoms with E-state index in [1.807, 2.05) is 17.5 Å². The van der Waals surface area contributed by atoms with Crippen molar-refractivity contribution in [2.75, 3.05) is 32.8 Å². The highest BCUT2D eigenvalue weighted by Gasteiger charge is 2.21. The third-order valence-electron chi connectivity index (χ3n) is 3.97. The Hall–Kier alpha value is -1.70. The molecule has 2 aromatic rings. The van der Waals surface area contributed by atoms with Gasteiger partial charge < -0.3 is 14.5 Å². The number of rotatable bonds is 5. The summed E-state index contributed by atoms with van der Waals surface area (Å²) >= 11 is 1.54. The monoisotopic (exact) mass is 335 g/mol. The molecule has 1 aliphatic heterocycles. The second-order valence-corrected chi connectivity index (χ2v) is 6.56. The lowest BCUT2D eigenvalue weighted by atomic mass is 10.2. The standard InChI is InChI=1S/C16H21N3O3S/c1-11(19-5-7-21-8-6-19)10-17-15(20)14-12(2)22-16(18-14)13-4-3-9-23-13/h3-4,9,11H,5-8,10H2,1-2H3,(H,17,20)/t11-/m1/s1. The van der Waals surface area contributed by atoms with E-state index in [1.54, 1.807) is 18.3 Å². The summed E-state index contributed by atoms with van der Waals surface area (Å²) in [5, 5.41) is 4.91. The zero-order valence-corrected chi connectivity index (χ0v) is 14.2. The van der Waals surface area contributed by atoms with Crippen LogP contribution >= 0.6 is 11.3 Å². The molecule has 1 aliphatic rings. The average molecular weight is 335 g/mol. The van der Waals surface area contributed by atoms with Crippen molar-refractivity contribution in [3.63, 3.8) is 0 Å². The van der Waals surface area contributed by atoms with Crippen LogP contribution in [0.15, 0.2) is 21.9 Å². The smallest absolute Gasteiger partial charge is 0.273 e. The summed E-state index contributed by atoms with van der Waals surface area (Å²) in [4.78, 5) is 19.9. The molecule has 1 fully saturated rings. The van der Waals surface area contributed by atoms with Gasteiger partial charge in [-0.3, -0.25) is 9.69 Å². The quantitative estimate of drug-likeness (QED) is 0.907. The van der Waals surface area contributed by atoms with Crippen LogP contribution in [0.25, 0.3) is 10.8 Å². The normalized spacial score (nSPS) is 17.1. The molecule has 1 amide bonds. The summed E-state index contributed by atoms with van der Waals surface area (Å²) < 4.78 is 11.0. The van der Waals surface area contributed by atoms with Crippen LogP contribution in [-0.2, 0) is 4.74 Å². The average Bonchev–Trinajstić information content (AvgIpc) is 3.22. The van der Waals surface area contributed by atoms with Gasteiger partial charge in [-0.05, 0) is 25.3 Å². The van der Waals surface area contributed by atoms with Crippen molar-refractivity contribution in [3.05, 3.63) is 29.0 Å². The van der Waals surface area contributed by atoms with Crippen LogP contribution in [0.3, 0.4) is 0 Å². The minimum atomic E-state index is -0.186. The van der Waals surface area contributed by atoms with E-state index in [9.17, 15) is 4.79 Å². The van der Waals surface area contributed by atoms with E-state index in [0.29, 0.717) is 23.9 Å². The van der Waals surface area contributed by atoms with Gasteiger partial charge in [-0.1, -0.05) is 6.07 Å². The predicted molar refractivity (Wildman–Crippen MR) is 88.7 cm³/mol. The van der Waals surface area contributed by atoms with Crippen molar-refractivity contribution >= 4 is 17.2 Å². The van der Waals surface area contributed by atoms with E-state index in [-0.39, 0.29) is 11.9 Å². The molecule has 1 atom stereocenters. The zero-order valence-electron chi connectivity index (χ0n) is 13.4. The lowest BCUT2D eigenvalue weighted by Crippen LogP contribution is -2.47. The Bertz CT molecular complexity index is 648. The van der Waals surface area contributed by atoms with Gasteiger partial charge >= 0.3 is 0 Å². The van der Waals surface area contributed by atoms with Crippen molar-refractivity contribution in [1.82, 2.24) is 15.2 Å². The Kier molecular flexibility index (Phi) is 5.09. The summed E-state index contributed by atoms with van der Waals surface area (Å²) in [5.41, 5.74) is 0.363. The van der Waals surface area contributed by atoms with Crippen LogP contribution in [0.4, 0.5) is 0 Å². The zero-order chi connectivity index (χ0) is 16.2. The first-order valence-electron chi connectivity index (χ1n) is 7.76. The van der Waals surface area contributed by atoms with Gasteiger partial charge in [-0.25, -0.2) is 4.98 Å². The summed E-state index contributed by atoms with van der Waals surface area (Å²) in [6.07, 6.45) is 0. The number of thiophene rings is 1. The van der Waals surface area contributed by atoms with E-state index in [0.717, 1.165) is 31.2 Å². The first-order valence-corrected chi connectivity index (χ1v) is 8.64. The van der Waals surface area contributed by atoms with Gasteiger partial charge in [0, 0.05) is 25.7 Å². The number of carbonyl (C=O) groups is 1. The number of morpholine rings is 1. The Balaban J connectivity index is 1.60. The van der Waals surface area contributed by atoms with Crippen LogP contribution in [-0.4, -0.2) is 54.7 Å². The van der Waals surface area contributed by atoms with Gasteiger partial charge in [0.2, 0.25) is 5.89 Å². The molecule has 1 N–H and O–H groups in total. The molecule has 0 bridgehead atoms. The molecule has 2 aromatic heterocycles. The summed E-state index contributed by atoms with van der Waals surface area (Å²) in [6, 6.07) is 4.13. The van der Waals surface area contributed by atoms with Crippen molar-refractivity contribution in [1.29, 1.82) is 0 Å². The fraction of sp³-hybridized carbons (Fsp3) is 0.500. The maximum Gasteiger partial charge on any atom is 0.273 e. The molecule has 23 heavy (non-hydrogen) atoms. The molecule has 1 saturated heterocycles. The van der Waals surface area contributed by atoms with E-state index in [2.05, 4.69) is 22.1 Å². The summed E-state index contributed by atoms with van der Waals surface area (Å²) in [5.74, 6) is 0.864. The fourth-order valence-corrected chi connectivity index (χ4v) is 3.23. The Morgan fingerprint density at radius 3 is 2.96 bits per heavy atom. The van der Waals surface area contributed by atoms with Gasteiger partial charge in [-0.15, -0.1) is 11.3 Å². The number of carbonyl (C=O) groups excluding carboxylic acids is 1. The Morgan fingerprint density at radius 2 is 2.26 bits per heavy atom. The number of amides is 1. The molecule has 3 rings (SSSR count). The first-order chi connectivity index (χ1) is 11.1. The lowest BCUT2D eigenvalue weighted by Gasteiger charge is -2.32. The number of hydrogen-bond donors (Lipinski definition) is 1. The topological polar surface area (TPSA) is 67.6 Å². The first kappa shape index (κ1) is 16.2. The minimum absolute atomic E-state index is 0.186. The van der Waals surface area contributed by atoms with Gasteiger partial charge in [0.1, 0.15) is 5.76 Å². The third kappa shape index (κ3) is 3.80. The number of ether oxygens (including phenoxy) is 1. The number of aryl methyl sites for hydroxylation is 1. The van der Waals surface area contributed by atoms with Crippen molar-refractivity contribution < 1.29 is 13.9 Å². The van der Waals surface area contributed by atoms with E-state index in [1.165, 1.54) is 0 Å². The number of oxazole rings is 1. The predicted octanol–water partition coefficient (Wildman–Crippen LogP) is 2.16. The number of hydrogen-bond acceptors (Lipinski definition) is 6. The molecule has 0 radical (unpaired) electrons. The van der Waals surface area contributed by atoms with Gasteiger partial charge in [-0.2, -0.15) is 0 Å². The van der Waals surface area contributed by atoms with Gasteiger partial charge in [0.15, 0.2) is 5.69 Å². The molecular weight excluding hydrogens is 314 g/mol. The minimum Gasteiger partial charge on any atom is -0.440 e. The molecule has 7 heteroatoms. The van der Waals surface area contributed by atoms with Gasteiger partial charge in [0.25, 0.3) is 5.91 Å². The molecule has 0 aromatic carbocycles. The van der Waals surface area contributed by atoms with Crippen LogP contribution in [0, 0.1) is 6.92 Å². The molecule has 0 unspecified atom stereocenters. The lowest BCUT2D eigenvalue weighted by molar-refractivity contribution is 0.0204. The van der Waals surface area contributed by atoms with Crippen molar-refractivity contribution in [2.24, 2.45) is 0 Å². The van der Waals surface area contributed by atoms with E-state index < -0.39 is 0 Å². The highest BCUT2D eigenvalue weighted by atomic mass is 32.1. The van der Waals surface area contributed by atoms with Crippen LogP contribution in [0.1, 0.15) is 23.2 Å². The highest BCUT2D eigenvalue weighted by molar-refractivity contribution is 7.13. The summed E-state index contributed by atoms with van der Waals surface area (Å²) in [7, 11) is 0. The molecule has 3 heterocycles. The largest absolute Gasteiger partial charge is 0.440 e. The number of aromatic nitrogens is 1. The highest BCUT2D eigenvalue weighted by Crippen LogP contribution is 2.25. The van der Waals surface area contributed by atoms with Gasteiger partial charge in [0.05, 0.1) is 18.1 Å².